The molecule has 6 heteroatoms. The summed E-state index contributed by atoms with van der Waals surface area (Å²) < 4.78 is 0. The van der Waals surface area contributed by atoms with Crippen molar-refractivity contribution in [1.29, 1.82) is 0 Å². The number of carbonyl (C=O) groups excluding carboxylic acids is 1. The molecular formula is C18H18ClN3OS. The zero-order chi connectivity index (χ0) is 17.1. The second kappa shape index (κ2) is 7.28. The standard InChI is InChI=1S/C18H18ClN3OS/c1-3-12-6-4-5-11(2)17(12)22-16(23)10-24-18-20-14-8-7-13(19)9-15(14)21-18/h4-9H,3,10H2,1-2H3,(H,20,21)(H,22,23). The minimum atomic E-state index is -0.0394. The van der Waals surface area contributed by atoms with Crippen LogP contribution in [0.2, 0.25) is 5.02 Å². The molecule has 1 amide bonds. The third-order valence-corrected chi connectivity index (χ3v) is 4.87. The Bertz CT molecular complexity index is 891. The fourth-order valence-electron chi connectivity index (χ4n) is 2.54. The fourth-order valence-corrected chi connectivity index (χ4v) is 3.40. The van der Waals surface area contributed by atoms with Gasteiger partial charge in [-0.1, -0.05) is 48.5 Å². The van der Waals surface area contributed by atoms with Gasteiger partial charge in [-0.2, -0.15) is 0 Å². The molecule has 0 atom stereocenters. The molecule has 2 aromatic carbocycles. The van der Waals surface area contributed by atoms with Crippen molar-refractivity contribution in [1.82, 2.24) is 9.97 Å². The van der Waals surface area contributed by atoms with Crippen molar-refractivity contribution in [3.63, 3.8) is 0 Å². The van der Waals surface area contributed by atoms with Crippen LogP contribution < -0.4 is 5.32 Å². The van der Waals surface area contributed by atoms with E-state index in [4.69, 9.17) is 11.6 Å². The van der Waals surface area contributed by atoms with Gasteiger partial charge >= 0.3 is 0 Å². The summed E-state index contributed by atoms with van der Waals surface area (Å²) in [5, 5.41) is 4.39. The predicted octanol–water partition coefficient (Wildman–Crippen LogP) is 4.82. The maximum absolute atomic E-state index is 12.3. The van der Waals surface area contributed by atoms with Gasteiger partial charge in [0.05, 0.1) is 16.8 Å². The van der Waals surface area contributed by atoms with Crippen molar-refractivity contribution >= 4 is 46.0 Å². The lowest BCUT2D eigenvalue weighted by Crippen LogP contribution is -2.16. The van der Waals surface area contributed by atoms with Gasteiger partial charge in [0.15, 0.2) is 5.16 Å². The van der Waals surface area contributed by atoms with Crippen LogP contribution in [-0.4, -0.2) is 21.6 Å². The number of aromatic nitrogens is 2. The highest BCUT2D eigenvalue weighted by atomic mass is 35.5. The molecule has 3 aromatic rings. The molecule has 0 radical (unpaired) electrons. The third kappa shape index (κ3) is 3.74. The van der Waals surface area contributed by atoms with Gasteiger partial charge < -0.3 is 10.3 Å². The number of carbonyl (C=O) groups is 1. The second-order valence-corrected chi connectivity index (χ2v) is 6.90. The Hall–Kier alpha value is -1.98. The molecule has 4 nitrogen and oxygen atoms in total. The highest BCUT2D eigenvalue weighted by Crippen LogP contribution is 2.24. The molecular weight excluding hydrogens is 342 g/mol. The zero-order valence-corrected chi connectivity index (χ0v) is 15.1. The van der Waals surface area contributed by atoms with Crippen LogP contribution in [0.25, 0.3) is 11.0 Å². The van der Waals surface area contributed by atoms with Crippen molar-refractivity contribution in [2.45, 2.75) is 25.4 Å². The minimum absolute atomic E-state index is 0.0394. The number of imidazole rings is 1. The average molecular weight is 360 g/mol. The van der Waals surface area contributed by atoms with Crippen molar-refractivity contribution in [3.8, 4) is 0 Å². The number of amides is 1. The molecule has 1 aromatic heterocycles. The maximum atomic E-state index is 12.3. The molecule has 0 saturated heterocycles. The lowest BCUT2D eigenvalue weighted by Gasteiger charge is -2.12. The number of nitrogens with one attached hydrogen (secondary N) is 2. The van der Waals surface area contributed by atoms with Gasteiger partial charge in [-0.3, -0.25) is 4.79 Å². The number of anilines is 1. The van der Waals surface area contributed by atoms with E-state index in [0.29, 0.717) is 15.9 Å². The summed E-state index contributed by atoms with van der Waals surface area (Å²) in [5.41, 5.74) is 4.85. The Morgan fingerprint density at radius 3 is 2.96 bits per heavy atom. The molecule has 24 heavy (non-hydrogen) atoms. The van der Waals surface area contributed by atoms with Gasteiger partial charge in [0.1, 0.15) is 0 Å². The topological polar surface area (TPSA) is 57.8 Å². The number of thioether (sulfide) groups is 1. The molecule has 2 N–H and O–H groups in total. The Morgan fingerprint density at radius 1 is 1.33 bits per heavy atom. The van der Waals surface area contributed by atoms with Crippen molar-refractivity contribution in [3.05, 3.63) is 52.5 Å². The number of para-hydroxylation sites is 1. The zero-order valence-electron chi connectivity index (χ0n) is 13.5. The number of benzene rings is 2. The van der Waals surface area contributed by atoms with Crippen LogP contribution in [0.4, 0.5) is 5.69 Å². The third-order valence-electron chi connectivity index (χ3n) is 3.77. The van der Waals surface area contributed by atoms with Crippen molar-refractivity contribution < 1.29 is 4.79 Å². The van der Waals surface area contributed by atoms with E-state index in [2.05, 4.69) is 22.2 Å². The first-order valence-electron chi connectivity index (χ1n) is 7.73. The molecule has 3 rings (SSSR count). The summed E-state index contributed by atoms with van der Waals surface area (Å²) in [4.78, 5) is 19.9. The molecule has 0 saturated carbocycles. The number of fused-ring (bicyclic) bond motifs is 1. The van der Waals surface area contributed by atoms with Crippen LogP contribution in [0, 0.1) is 6.92 Å². The molecule has 0 unspecified atom stereocenters. The largest absolute Gasteiger partial charge is 0.333 e. The summed E-state index contributed by atoms with van der Waals surface area (Å²) in [6.45, 7) is 4.09. The van der Waals surface area contributed by atoms with Gasteiger partial charge in [-0.15, -0.1) is 0 Å². The Kier molecular flexibility index (Phi) is 5.11. The van der Waals surface area contributed by atoms with Crippen LogP contribution in [0.15, 0.2) is 41.6 Å². The van der Waals surface area contributed by atoms with E-state index in [1.54, 1.807) is 6.07 Å². The normalized spacial score (nSPS) is 11.0. The first kappa shape index (κ1) is 16.9. The van der Waals surface area contributed by atoms with Crippen molar-refractivity contribution in [2.24, 2.45) is 0 Å². The van der Waals surface area contributed by atoms with E-state index in [-0.39, 0.29) is 5.91 Å². The molecule has 0 fully saturated rings. The quantitative estimate of drug-likeness (QED) is 0.642. The highest BCUT2D eigenvalue weighted by Gasteiger charge is 2.11. The smallest absolute Gasteiger partial charge is 0.234 e. The van der Waals surface area contributed by atoms with Gasteiger partial charge in [-0.25, -0.2) is 4.98 Å². The minimum Gasteiger partial charge on any atom is -0.333 e. The number of aryl methyl sites for hydroxylation is 2. The van der Waals surface area contributed by atoms with E-state index in [9.17, 15) is 4.79 Å². The number of aromatic amines is 1. The number of H-pyrrole nitrogens is 1. The molecule has 0 bridgehead atoms. The molecule has 1 heterocycles. The summed E-state index contributed by atoms with van der Waals surface area (Å²) in [7, 11) is 0. The van der Waals surface area contributed by atoms with E-state index < -0.39 is 0 Å². The van der Waals surface area contributed by atoms with Crippen molar-refractivity contribution in [2.75, 3.05) is 11.1 Å². The number of hydrogen-bond donors (Lipinski definition) is 2. The van der Waals surface area contributed by atoms with E-state index >= 15 is 0 Å². The lowest BCUT2D eigenvalue weighted by atomic mass is 10.1. The fraction of sp³-hybridized carbons (Fsp3) is 0.222. The molecule has 124 valence electrons. The summed E-state index contributed by atoms with van der Waals surface area (Å²) in [5.74, 6) is 0.257. The monoisotopic (exact) mass is 359 g/mol. The first-order valence-corrected chi connectivity index (χ1v) is 9.09. The average Bonchev–Trinajstić information content (AvgIpc) is 2.96. The molecule has 0 aliphatic heterocycles. The van der Waals surface area contributed by atoms with Gasteiger partial charge in [0.25, 0.3) is 0 Å². The second-order valence-electron chi connectivity index (χ2n) is 5.50. The summed E-state index contributed by atoms with van der Waals surface area (Å²) in [6, 6.07) is 11.5. The SMILES string of the molecule is CCc1cccc(C)c1NC(=O)CSc1nc2ccc(Cl)cc2[nH]1. The summed E-state index contributed by atoms with van der Waals surface area (Å²) >= 11 is 7.35. The number of hydrogen-bond acceptors (Lipinski definition) is 3. The number of rotatable bonds is 5. The van der Waals surface area contributed by atoms with E-state index in [1.165, 1.54) is 11.8 Å². The summed E-state index contributed by atoms with van der Waals surface area (Å²) in [6.07, 6.45) is 0.884. The maximum Gasteiger partial charge on any atom is 0.234 e. The van der Waals surface area contributed by atoms with E-state index in [0.717, 1.165) is 34.3 Å². The van der Waals surface area contributed by atoms with Gasteiger partial charge in [0, 0.05) is 10.7 Å². The van der Waals surface area contributed by atoms with Gasteiger partial charge in [-0.05, 0) is 42.7 Å². The lowest BCUT2D eigenvalue weighted by molar-refractivity contribution is -0.113. The Labute approximate surface area is 150 Å². The number of nitrogens with zero attached hydrogens (tertiary/aromatic N) is 1. The van der Waals surface area contributed by atoms with Crippen LogP contribution in [0.5, 0.6) is 0 Å². The Morgan fingerprint density at radius 2 is 2.17 bits per heavy atom. The first-order chi connectivity index (χ1) is 11.6. The molecule has 0 aliphatic carbocycles. The van der Waals surface area contributed by atoms with Crippen LogP contribution in [-0.2, 0) is 11.2 Å². The van der Waals surface area contributed by atoms with E-state index in [1.807, 2.05) is 37.3 Å². The van der Waals surface area contributed by atoms with Crippen LogP contribution in [0.1, 0.15) is 18.1 Å². The molecule has 0 spiro atoms. The molecule has 0 aliphatic rings. The predicted molar refractivity (Wildman–Crippen MR) is 101 cm³/mol. The highest BCUT2D eigenvalue weighted by molar-refractivity contribution is 7.99. The van der Waals surface area contributed by atoms with Crippen LogP contribution in [0.3, 0.4) is 0 Å². The number of halogens is 1. The Balaban J connectivity index is 1.67. The van der Waals surface area contributed by atoms with Gasteiger partial charge in [0.2, 0.25) is 5.91 Å². The van der Waals surface area contributed by atoms with Crippen LogP contribution >= 0.6 is 23.4 Å².